The highest BCUT2D eigenvalue weighted by molar-refractivity contribution is 7.92. The molecule has 25 heavy (non-hydrogen) atoms. The normalized spacial score (nSPS) is 10.8. The maximum Gasteiger partial charge on any atom is 0.231 e. The third-order valence-electron chi connectivity index (χ3n) is 3.58. The van der Waals surface area contributed by atoms with Gasteiger partial charge in [-0.3, -0.25) is 4.31 Å². The van der Waals surface area contributed by atoms with Crippen molar-refractivity contribution >= 4 is 38.7 Å². The molecule has 8 heteroatoms. The van der Waals surface area contributed by atoms with Crippen LogP contribution in [0.5, 0.6) is 5.75 Å². The molecule has 0 heterocycles. The van der Waals surface area contributed by atoms with Crippen LogP contribution in [0.2, 0.25) is 0 Å². The van der Waals surface area contributed by atoms with Crippen LogP contribution in [0.3, 0.4) is 0 Å². The zero-order valence-electron chi connectivity index (χ0n) is 14.3. The van der Waals surface area contributed by atoms with E-state index in [0.29, 0.717) is 23.0 Å². The first-order valence-electron chi connectivity index (χ1n) is 7.51. The molecule has 2 N–H and O–H groups in total. The second-order valence-electron chi connectivity index (χ2n) is 5.44. The maximum atomic E-state index is 11.6. The molecule has 2 aromatic rings. The van der Waals surface area contributed by atoms with E-state index in [1.807, 2.05) is 30.3 Å². The Labute approximate surface area is 153 Å². The predicted octanol–water partition coefficient (Wildman–Crippen LogP) is 2.58. The molecule has 0 saturated heterocycles. The molecule has 6 nitrogen and oxygen atoms in total. The summed E-state index contributed by atoms with van der Waals surface area (Å²) in [6, 6.07) is 14.7. The number of thiocarbonyl (C=S) groups is 1. The summed E-state index contributed by atoms with van der Waals surface area (Å²) in [5.41, 5.74) is 2.33. The molecule has 0 radical (unpaired) electrons. The molecule has 0 unspecified atom stereocenters. The van der Waals surface area contributed by atoms with Crippen molar-refractivity contribution in [3.05, 3.63) is 54.1 Å². The van der Waals surface area contributed by atoms with Gasteiger partial charge in [-0.05, 0) is 48.1 Å². The molecule has 0 aromatic heterocycles. The summed E-state index contributed by atoms with van der Waals surface area (Å²) >= 11 is 5.29. The van der Waals surface area contributed by atoms with Crippen LogP contribution in [0.25, 0.3) is 0 Å². The minimum atomic E-state index is -3.31. The molecule has 134 valence electrons. The van der Waals surface area contributed by atoms with Crippen molar-refractivity contribution in [2.75, 3.05) is 30.0 Å². The van der Waals surface area contributed by atoms with Crippen molar-refractivity contribution in [2.24, 2.45) is 0 Å². The van der Waals surface area contributed by atoms with Gasteiger partial charge < -0.3 is 15.4 Å². The summed E-state index contributed by atoms with van der Waals surface area (Å²) in [5, 5.41) is 6.62. The fraction of sp³-hybridized carbons (Fsp3) is 0.235. The van der Waals surface area contributed by atoms with Gasteiger partial charge in [0.2, 0.25) is 10.0 Å². The Kier molecular flexibility index (Phi) is 6.22. The molecule has 0 aliphatic carbocycles. The number of ether oxygens (including phenoxy) is 1. The number of benzene rings is 2. The number of rotatable bonds is 6. The number of sulfonamides is 1. The minimum Gasteiger partial charge on any atom is -0.497 e. The molecular formula is C17H21N3O3S2. The van der Waals surface area contributed by atoms with E-state index in [4.69, 9.17) is 17.0 Å². The molecule has 2 rings (SSSR count). The van der Waals surface area contributed by atoms with Crippen LogP contribution >= 0.6 is 12.2 Å². The molecule has 0 atom stereocenters. The Morgan fingerprint density at radius 1 is 1.20 bits per heavy atom. The molecule has 0 bridgehead atoms. The van der Waals surface area contributed by atoms with Gasteiger partial charge in [0.05, 0.1) is 19.1 Å². The van der Waals surface area contributed by atoms with Crippen molar-refractivity contribution in [1.82, 2.24) is 5.32 Å². The van der Waals surface area contributed by atoms with Gasteiger partial charge in [0.15, 0.2) is 5.11 Å². The minimum absolute atomic E-state index is 0.454. The number of anilines is 2. The van der Waals surface area contributed by atoms with E-state index in [0.717, 1.165) is 17.6 Å². The summed E-state index contributed by atoms with van der Waals surface area (Å²) in [4.78, 5) is 0. The number of nitrogens with zero attached hydrogens (tertiary/aromatic N) is 1. The Morgan fingerprint density at radius 3 is 2.48 bits per heavy atom. The largest absolute Gasteiger partial charge is 0.497 e. The standard InChI is InChI=1S/C17H21N3O3S2/c1-20(25(3,21)22)15-6-4-5-14(11-15)19-17(24)18-12-13-7-9-16(23-2)10-8-13/h4-11H,12H2,1-3H3,(H2,18,19,24). The van der Waals surface area contributed by atoms with Crippen molar-refractivity contribution in [3.8, 4) is 5.75 Å². The first-order valence-corrected chi connectivity index (χ1v) is 9.77. The van der Waals surface area contributed by atoms with Gasteiger partial charge in [0.25, 0.3) is 0 Å². The average Bonchev–Trinajstić information content (AvgIpc) is 2.59. The highest BCUT2D eigenvalue weighted by atomic mass is 32.2. The van der Waals surface area contributed by atoms with Crippen molar-refractivity contribution in [3.63, 3.8) is 0 Å². The van der Waals surface area contributed by atoms with E-state index in [1.54, 1.807) is 25.3 Å². The quantitative estimate of drug-likeness (QED) is 0.752. The van der Waals surface area contributed by atoms with Crippen molar-refractivity contribution < 1.29 is 13.2 Å². The number of nitrogens with one attached hydrogen (secondary N) is 2. The van der Waals surface area contributed by atoms with Crippen LogP contribution < -0.4 is 19.7 Å². The highest BCUT2D eigenvalue weighted by Gasteiger charge is 2.12. The molecule has 2 aromatic carbocycles. The second kappa shape index (κ2) is 8.17. The zero-order valence-corrected chi connectivity index (χ0v) is 15.9. The number of hydrogen-bond acceptors (Lipinski definition) is 4. The third kappa shape index (κ3) is 5.61. The van der Waals surface area contributed by atoms with Gasteiger partial charge in [-0.1, -0.05) is 18.2 Å². The predicted molar refractivity (Wildman–Crippen MR) is 106 cm³/mol. The second-order valence-corrected chi connectivity index (χ2v) is 7.86. The number of methoxy groups -OCH3 is 1. The van der Waals surface area contributed by atoms with Gasteiger partial charge in [-0.25, -0.2) is 8.42 Å². The zero-order chi connectivity index (χ0) is 18.4. The highest BCUT2D eigenvalue weighted by Crippen LogP contribution is 2.20. The number of hydrogen-bond donors (Lipinski definition) is 2. The van der Waals surface area contributed by atoms with Crippen LogP contribution in [0.4, 0.5) is 11.4 Å². The smallest absolute Gasteiger partial charge is 0.231 e. The Morgan fingerprint density at radius 2 is 1.88 bits per heavy atom. The van der Waals surface area contributed by atoms with Crippen molar-refractivity contribution in [1.29, 1.82) is 0 Å². The van der Waals surface area contributed by atoms with E-state index in [9.17, 15) is 8.42 Å². The molecule has 0 spiro atoms. The lowest BCUT2D eigenvalue weighted by atomic mass is 10.2. The summed E-state index contributed by atoms with van der Waals surface area (Å²) in [7, 11) is -0.171. The third-order valence-corrected chi connectivity index (χ3v) is 5.03. The molecule has 0 fully saturated rings. The molecule has 0 amide bonds. The Bertz CT molecular complexity index is 836. The van der Waals surface area contributed by atoms with E-state index in [2.05, 4.69) is 10.6 Å². The van der Waals surface area contributed by atoms with E-state index in [1.165, 1.54) is 11.4 Å². The lowest BCUT2D eigenvalue weighted by Gasteiger charge is -2.18. The summed E-state index contributed by atoms with van der Waals surface area (Å²) in [6.45, 7) is 0.568. The Hall–Kier alpha value is -2.32. The van der Waals surface area contributed by atoms with Crippen molar-refractivity contribution in [2.45, 2.75) is 6.54 Å². The molecule has 0 saturated carbocycles. The average molecular weight is 380 g/mol. The van der Waals surface area contributed by atoms with Crippen LogP contribution in [-0.4, -0.2) is 33.9 Å². The summed E-state index contributed by atoms with van der Waals surface area (Å²) in [6.07, 6.45) is 1.16. The van der Waals surface area contributed by atoms with Gasteiger partial charge >= 0.3 is 0 Å². The first kappa shape index (κ1) is 19.0. The van der Waals surface area contributed by atoms with Gasteiger partial charge in [-0.2, -0.15) is 0 Å². The summed E-state index contributed by atoms with van der Waals surface area (Å²) in [5.74, 6) is 0.802. The fourth-order valence-electron chi connectivity index (χ4n) is 2.07. The van der Waals surface area contributed by atoms with Crippen LogP contribution in [-0.2, 0) is 16.6 Å². The molecule has 0 aliphatic rings. The van der Waals surface area contributed by atoms with E-state index < -0.39 is 10.0 Å². The van der Waals surface area contributed by atoms with E-state index in [-0.39, 0.29) is 0 Å². The van der Waals surface area contributed by atoms with Crippen LogP contribution in [0.15, 0.2) is 48.5 Å². The molecule has 0 aliphatic heterocycles. The van der Waals surface area contributed by atoms with Crippen LogP contribution in [0.1, 0.15) is 5.56 Å². The summed E-state index contributed by atoms with van der Waals surface area (Å²) < 4.78 is 29.6. The van der Waals surface area contributed by atoms with E-state index >= 15 is 0 Å². The fourth-order valence-corrected chi connectivity index (χ4v) is 2.76. The Balaban J connectivity index is 1.96. The van der Waals surface area contributed by atoms with Gasteiger partial charge in [0, 0.05) is 19.3 Å². The van der Waals surface area contributed by atoms with Gasteiger partial charge in [0.1, 0.15) is 5.75 Å². The monoisotopic (exact) mass is 379 g/mol. The van der Waals surface area contributed by atoms with Crippen LogP contribution in [0, 0.1) is 0 Å². The topological polar surface area (TPSA) is 70.7 Å². The SMILES string of the molecule is COc1ccc(CNC(=S)Nc2cccc(N(C)S(C)(=O)=O)c2)cc1. The maximum absolute atomic E-state index is 11.6. The first-order chi connectivity index (χ1) is 11.8. The molecular weight excluding hydrogens is 358 g/mol. The van der Waals surface area contributed by atoms with Gasteiger partial charge in [-0.15, -0.1) is 0 Å². The lowest BCUT2D eigenvalue weighted by molar-refractivity contribution is 0.414. The lowest BCUT2D eigenvalue weighted by Crippen LogP contribution is -2.28.